The molecular formula is C23H27N3O6. The number of aromatic nitrogens is 2. The minimum absolute atomic E-state index is 0.167. The zero-order chi connectivity index (χ0) is 23.3. The van der Waals surface area contributed by atoms with E-state index in [0.717, 1.165) is 16.5 Å². The predicted molar refractivity (Wildman–Crippen MR) is 120 cm³/mol. The van der Waals surface area contributed by atoms with Crippen LogP contribution in [0.4, 0.5) is 4.79 Å². The third-order valence-corrected chi connectivity index (χ3v) is 4.24. The number of alkyl carbamates (subject to hydrolysis) is 1. The van der Waals surface area contributed by atoms with Crippen molar-refractivity contribution in [3.63, 3.8) is 0 Å². The number of rotatable bonds is 4. The molecule has 0 spiro atoms. The zero-order valence-electron chi connectivity index (χ0n) is 18.8. The Morgan fingerprint density at radius 3 is 2.41 bits per heavy atom. The molecule has 170 valence electrons. The Kier molecular flexibility index (Phi) is 6.87. The van der Waals surface area contributed by atoms with Gasteiger partial charge in [-0.05, 0) is 75.2 Å². The first-order chi connectivity index (χ1) is 15.1. The quantitative estimate of drug-likeness (QED) is 0.448. The first kappa shape index (κ1) is 22.9. The Hall–Kier alpha value is -3.75. The van der Waals surface area contributed by atoms with Gasteiger partial charge in [0.2, 0.25) is 0 Å². The molecule has 2 N–H and O–H groups in total. The largest absolute Gasteiger partial charge is 0.473 e. The van der Waals surface area contributed by atoms with E-state index in [-0.39, 0.29) is 12.2 Å². The molecule has 2 aromatic heterocycles. The van der Waals surface area contributed by atoms with Gasteiger partial charge in [-0.1, -0.05) is 12.1 Å². The van der Waals surface area contributed by atoms with Crippen LogP contribution in [0.2, 0.25) is 0 Å². The van der Waals surface area contributed by atoms with Crippen molar-refractivity contribution in [2.45, 2.75) is 40.2 Å². The smallest absolute Gasteiger partial charge is 0.407 e. The molecule has 4 aromatic rings. The summed E-state index contributed by atoms with van der Waals surface area (Å²) in [6.45, 7) is 9.98. The van der Waals surface area contributed by atoms with E-state index in [9.17, 15) is 9.59 Å². The van der Waals surface area contributed by atoms with E-state index in [0.29, 0.717) is 29.0 Å². The van der Waals surface area contributed by atoms with Crippen molar-refractivity contribution in [1.29, 1.82) is 0 Å². The van der Waals surface area contributed by atoms with Crippen LogP contribution in [0.1, 0.15) is 31.9 Å². The molecular weight excluding hydrogens is 414 g/mol. The summed E-state index contributed by atoms with van der Waals surface area (Å²) in [6.07, 6.45) is -0.466. The van der Waals surface area contributed by atoms with Gasteiger partial charge in [0.25, 0.3) is 11.4 Å². The summed E-state index contributed by atoms with van der Waals surface area (Å²) in [4.78, 5) is 22.4. The number of carbonyl (C=O) groups is 1. The second kappa shape index (κ2) is 9.59. The molecule has 4 rings (SSSR count). The second-order valence-corrected chi connectivity index (χ2v) is 8.30. The van der Waals surface area contributed by atoms with Crippen LogP contribution in [-0.4, -0.2) is 35.2 Å². The molecule has 0 radical (unpaired) electrons. The molecule has 9 heteroatoms. The highest BCUT2D eigenvalue weighted by atomic mass is 16.6. The maximum atomic E-state index is 11.4. The Morgan fingerprint density at radius 1 is 1.06 bits per heavy atom. The van der Waals surface area contributed by atoms with Gasteiger partial charge in [0, 0.05) is 0 Å². The monoisotopic (exact) mass is 441 g/mol. The molecule has 2 aromatic carbocycles. The molecule has 0 saturated carbocycles. The topological polar surface area (TPSA) is 120 Å². The van der Waals surface area contributed by atoms with Crippen LogP contribution in [0.15, 0.2) is 50.2 Å². The number of H-pyrrole nitrogens is 1. The third-order valence-electron chi connectivity index (χ3n) is 4.24. The van der Waals surface area contributed by atoms with E-state index in [1.54, 1.807) is 6.07 Å². The molecule has 0 aliphatic carbocycles. The lowest BCUT2D eigenvalue weighted by molar-refractivity contribution is 0.0519. The van der Waals surface area contributed by atoms with E-state index < -0.39 is 11.7 Å². The lowest BCUT2D eigenvalue weighted by Crippen LogP contribution is -2.34. The minimum atomic E-state index is -0.509. The SMILES string of the molecule is Cc1ccc2c(=O)[nH]oc2c1.Cc1ccc2c(OCCNC(=O)OC(C)(C)C)noc2c1. The van der Waals surface area contributed by atoms with Crippen LogP contribution in [0, 0.1) is 13.8 Å². The molecule has 0 aliphatic heterocycles. The first-order valence-electron chi connectivity index (χ1n) is 10.2. The minimum Gasteiger partial charge on any atom is -0.473 e. The number of fused-ring (bicyclic) bond motifs is 2. The van der Waals surface area contributed by atoms with Crippen molar-refractivity contribution in [3.05, 3.63) is 57.9 Å². The molecule has 0 saturated heterocycles. The summed E-state index contributed by atoms with van der Waals surface area (Å²) in [5, 5.41) is 10.2. The number of ether oxygens (including phenoxy) is 2. The van der Waals surface area contributed by atoms with E-state index >= 15 is 0 Å². The van der Waals surface area contributed by atoms with Gasteiger partial charge in [0.05, 0.1) is 17.3 Å². The van der Waals surface area contributed by atoms with Gasteiger partial charge in [-0.15, -0.1) is 0 Å². The highest BCUT2D eigenvalue weighted by Gasteiger charge is 2.15. The third kappa shape index (κ3) is 6.13. The standard InChI is InChI=1S/C15H20N2O4.C8H7NO2/c1-10-5-6-11-12(9-10)21-17-13(11)19-8-7-16-14(18)20-15(2,3)4;1-5-2-3-6-7(4-5)11-9-8(6)10/h5-6,9H,7-8H2,1-4H3,(H,16,18);2-4H,1H3,(H,9,10). The van der Waals surface area contributed by atoms with Gasteiger partial charge in [-0.3, -0.25) is 4.79 Å². The van der Waals surface area contributed by atoms with Gasteiger partial charge in [-0.2, -0.15) is 5.16 Å². The lowest BCUT2D eigenvalue weighted by atomic mass is 10.2. The first-order valence-corrected chi connectivity index (χ1v) is 10.2. The Balaban J connectivity index is 0.000000219. The molecule has 1 amide bonds. The van der Waals surface area contributed by atoms with Crippen LogP contribution in [0.25, 0.3) is 21.9 Å². The summed E-state index contributed by atoms with van der Waals surface area (Å²) in [5.74, 6) is 0.427. The lowest BCUT2D eigenvalue weighted by Gasteiger charge is -2.19. The van der Waals surface area contributed by atoms with Gasteiger partial charge in [-0.25, -0.2) is 4.79 Å². The Labute approximate surface area is 184 Å². The summed E-state index contributed by atoms with van der Waals surface area (Å²) in [5.41, 5.74) is 2.81. The summed E-state index contributed by atoms with van der Waals surface area (Å²) >= 11 is 0. The van der Waals surface area contributed by atoms with Crippen LogP contribution in [-0.2, 0) is 4.74 Å². The van der Waals surface area contributed by atoms with Crippen molar-refractivity contribution in [1.82, 2.24) is 15.6 Å². The molecule has 0 fully saturated rings. The van der Waals surface area contributed by atoms with Gasteiger partial charge < -0.3 is 23.8 Å². The summed E-state index contributed by atoms with van der Waals surface area (Å²) < 4.78 is 20.7. The normalized spacial score (nSPS) is 11.2. The fourth-order valence-electron chi connectivity index (χ4n) is 2.80. The molecule has 0 bridgehead atoms. The molecule has 0 atom stereocenters. The number of carbonyl (C=O) groups excluding carboxylic acids is 1. The number of hydrogen-bond donors (Lipinski definition) is 2. The number of aromatic amines is 1. The van der Waals surface area contributed by atoms with Crippen LogP contribution in [0.3, 0.4) is 0 Å². The fourth-order valence-corrected chi connectivity index (χ4v) is 2.80. The summed E-state index contributed by atoms with van der Waals surface area (Å²) in [7, 11) is 0. The number of benzene rings is 2. The predicted octanol–water partition coefficient (Wildman–Crippen LogP) is 4.47. The molecule has 9 nitrogen and oxygen atoms in total. The molecule has 2 heterocycles. The van der Waals surface area contributed by atoms with Crippen LogP contribution >= 0.6 is 0 Å². The van der Waals surface area contributed by atoms with Gasteiger partial charge >= 0.3 is 6.09 Å². The van der Waals surface area contributed by atoms with E-state index in [1.807, 2.05) is 65.0 Å². The second-order valence-electron chi connectivity index (χ2n) is 8.30. The Morgan fingerprint density at radius 2 is 1.72 bits per heavy atom. The average molecular weight is 441 g/mol. The maximum Gasteiger partial charge on any atom is 0.407 e. The number of nitrogens with one attached hydrogen (secondary N) is 2. The average Bonchev–Trinajstić information content (AvgIpc) is 3.27. The van der Waals surface area contributed by atoms with Crippen molar-refractivity contribution in [2.24, 2.45) is 0 Å². The van der Waals surface area contributed by atoms with Crippen molar-refractivity contribution >= 4 is 28.0 Å². The number of amides is 1. The molecule has 0 unspecified atom stereocenters. The highest BCUT2D eigenvalue weighted by Crippen LogP contribution is 2.25. The van der Waals surface area contributed by atoms with Crippen molar-refractivity contribution < 1.29 is 23.3 Å². The molecule has 32 heavy (non-hydrogen) atoms. The maximum absolute atomic E-state index is 11.4. The van der Waals surface area contributed by atoms with Gasteiger partial charge in [0.1, 0.15) is 12.2 Å². The van der Waals surface area contributed by atoms with Crippen LogP contribution in [0.5, 0.6) is 5.88 Å². The van der Waals surface area contributed by atoms with Gasteiger partial charge in [0.15, 0.2) is 11.2 Å². The number of nitrogens with zero attached hydrogens (tertiary/aromatic N) is 1. The van der Waals surface area contributed by atoms with E-state index in [2.05, 4.69) is 15.6 Å². The number of aryl methyl sites for hydroxylation is 2. The zero-order valence-corrected chi connectivity index (χ0v) is 18.8. The fraction of sp³-hybridized carbons (Fsp3) is 0.348. The molecule has 0 aliphatic rings. The van der Waals surface area contributed by atoms with Crippen LogP contribution < -0.4 is 15.6 Å². The van der Waals surface area contributed by atoms with E-state index in [4.69, 9.17) is 18.5 Å². The van der Waals surface area contributed by atoms with E-state index in [1.165, 1.54) is 0 Å². The number of hydrogen-bond acceptors (Lipinski definition) is 7. The summed E-state index contributed by atoms with van der Waals surface area (Å²) in [6, 6.07) is 11.2. The highest BCUT2D eigenvalue weighted by molar-refractivity contribution is 5.82. The van der Waals surface area contributed by atoms with Crippen molar-refractivity contribution in [3.8, 4) is 5.88 Å². The van der Waals surface area contributed by atoms with Crippen molar-refractivity contribution in [2.75, 3.05) is 13.2 Å². The Bertz CT molecular complexity index is 1260.